The van der Waals surface area contributed by atoms with E-state index in [0.29, 0.717) is 26.1 Å². The lowest BCUT2D eigenvalue weighted by Crippen LogP contribution is -2.44. The van der Waals surface area contributed by atoms with Crippen molar-refractivity contribution < 1.29 is 14.7 Å². The van der Waals surface area contributed by atoms with Crippen LogP contribution in [0.4, 0.5) is 0 Å². The second-order valence-electron chi connectivity index (χ2n) is 6.04. The van der Waals surface area contributed by atoms with Gasteiger partial charge in [0.15, 0.2) is 0 Å². The molecule has 5 heteroatoms. The average molecular weight is 284 g/mol. The molecule has 0 aromatic carbocycles. The molecule has 0 aliphatic carbocycles. The van der Waals surface area contributed by atoms with Gasteiger partial charge in [-0.3, -0.25) is 9.59 Å². The molecular formula is C15H28N2O3. The number of nitrogens with zero attached hydrogens (tertiary/aromatic N) is 1. The van der Waals surface area contributed by atoms with Crippen molar-refractivity contribution in [2.24, 2.45) is 11.8 Å². The normalized spacial score (nSPS) is 18.1. The molecule has 1 heterocycles. The summed E-state index contributed by atoms with van der Waals surface area (Å²) in [5.74, 6) is 0.326. The number of carbonyl (C=O) groups excluding carboxylic acids is 2. The first-order valence-electron chi connectivity index (χ1n) is 7.66. The van der Waals surface area contributed by atoms with Crippen LogP contribution in [0.2, 0.25) is 0 Å². The van der Waals surface area contributed by atoms with Crippen LogP contribution in [0.3, 0.4) is 0 Å². The Labute approximate surface area is 121 Å². The number of rotatable bonds is 6. The van der Waals surface area contributed by atoms with Crippen molar-refractivity contribution in [2.75, 3.05) is 19.6 Å². The number of piperidine rings is 1. The molecule has 0 radical (unpaired) electrons. The molecule has 0 saturated carbocycles. The standard InChI is InChI=1S/C15H28N2O3/c1-11(2)15(20)17-9-6-13(7-10-17)14(19)16-8-4-5-12(3)18/h11-13,18H,4-10H2,1-3H3,(H,16,19). The van der Waals surface area contributed by atoms with Crippen LogP contribution >= 0.6 is 0 Å². The maximum absolute atomic E-state index is 12.0. The fraction of sp³-hybridized carbons (Fsp3) is 0.867. The van der Waals surface area contributed by atoms with Gasteiger partial charge < -0.3 is 15.3 Å². The molecule has 0 aromatic rings. The zero-order valence-electron chi connectivity index (χ0n) is 12.9. The van der Waals surface area contributed by atoms with Gasteiger partial charge in [-0.25, -0.2) is 0 Å². The van der Waals surface area contributed by atoms with Crippen molar-refractivity contribution in [1.29, 1.82) is 0 Å². The molecular weight excluding hydrogens is 256 g/mol. The Balaban J connectivity index is 2.24. The minimum atomic E-state index is -0.308. The molecule has 2 N–H and O–H groups in total. The van der Waals surface area contributed by atoms with Gasteiger partial charge in [0.25, 0.3) is 0 Å². The van der Waals surface area contributed by atoms with Crippen LogP contribution in [0.25, 0.3) is 0 Å². The van der Waals surface area contributed by atoms with Gasteiger partial charge in [0.1, 0.15) is 0 Å². The van der Waals surface area contributed by atoms with E-state index in [1.54, 1.807) is 6.92 Å². The SMILES string of the molecule is CC(O)CCCNC(=O)C1CCN(C(=O)C(C)C)CC1. The van der Waals surface area contributed by atoms with Crippen LogP contribution in [0.5, 0.6) is 0 Å². The van der Waals surface area contributed by atoms with E-state index in [4.69, 9.17) is 5.11 Å². The minimum Gasteiger partial charge on any atom is -0.393 e. The van der Waals surface area contributed by atoms with Gasteiger partial charge in [-0.05, 0) is 32.6 Å². The number of likely N-dealkylation sites (tertiary alicyclic amines) is 1. The van der Waals surface area contributed by atoms with Gasteiger partial charge in [0, 0.05) is 31.5 Å². The number of amides is 2. The van der Waals surface area contributed by atoms with Gasteiger partial charge in [0.05, 0.1) is 6.10 Å². The first-order valence-corrected chi connectivity index (χ1v) is 7.66. The second kappa shape index (κ2) is 8.25. The summed E-state index contributed by atoms with van der Waals surface area (Å²) in [5, 5.41) is 12.1. The summed E-state index contributed by atoms with van der Waals surface area (Å²) in [7, 11) is 0. The maximum Gasteiger partial charge on any atom is 0.225 e. The highest BCUT2D eigenvalue weighted by Gasteiger charge is 2.27. The molecule has 1 fully saturated rings. The number of aliphatic hydroxyl groups is 1. The van der Waals surface area contributed by atoms with Gasteiger partial charge >= 0.3 is 0 Å². The monoisotopic (exact) mass is 284 g/mol. The molecule has 1 saturated heterocycles. The van der Waals surface area contributed by atoms with Crippen LogP contribution in [0.15, 0.2) is 0 Å². The van der Waals surface area contributed by atoms with Crippen LogP contribution in [-0.2, 0) is 9.59 Å². The van der Waals surface area contributed by atoms with Crippen molar-refractivity contribution in [3.8, 4) is 0 Å². The molecule has 1 atom stereocenters. The highest BCUT2D eigenvalue weighted by atomic mass is 16.3. The molecule has 0 spiro atoms. The Hall–Kier alpha value is -1.10. The fourth-order valence-corrected chi connectivity index (χ4v) is 2.48. The molecule has 2 amide bonds. The van der Waals surface area contributed by atoms with Gasteiger partial charge in [-0.15, -0.1) is 0 Å². The summed E-state index contributed by atoms with van der Waals surface area (Å²) in [6.45, 7) is 7.55. The average Bonchev–Trinajstić information content (AvgIpc) is 2.42. The summed E-state index contributed by atoms with van der Waals surface area (Å²) in [5.41, 5.74) is 0. The van der Waals surface area contributed by atoms with Gasteiger partial charge in [0.2, 0.25) is 11.8 Å². The molecule has 1 aliphatic heterocycles. The fourth-order valence-electron chi connectivity index (χ4n) is 2.48. The molecule has 0 bridgehead atoms. The van der Waals surface area contributed by atoms with Crippen LogP contribution in [0.1, 0.15) is 46.5 Å². The summed E-state index contributed by atoms with van der Waals surface area (Å²) >= 11 is 0. The van der Waals surface area contributed by atoms with E-state index < -0.39 is 0 Å². The second-order valence-corrected chi connectivity index (χ2v) is 6.04. The van der Waals surface area contributed by atoms with E-state index in [1.165, 1.54) is 0 Å². The predicted octanol–water partition coefficient (Wildman–Crippen LogP) is 1.16. The number of aliphatic hydroxyl groups excluding tert-OH is 1. The van der Waals surface area contributed by atoms with E-state index in [2.05, 4.69) is 5.32 Å². The smallest absolute Gasteiger partial charge is 0.225 e. The van der Waals surface area contributed by atoms with E-state index in [-0.39, 0.29) is 29.8 Å². The number of hydrogen-bond acceptors (Lipinski definition) is 3. The van der Waals surface area contributed by atoms with Gasteiger partial charge in [-0.1, -0.05) is 13.8 Å². The Morgan fingerprint density at radius 1 is 1.25 bits per heavy atom. The third-order valence-electron chi connectivity index (χ3n) is 3.77. The lowest BCUT2D eigenvalue weighted by molar-refractivity contribution is -0.138. The van der Waals surface area contributed by atoms with E-state index in [1.807, 2.05) is 18.7 Å². The van der Waals surface area contributed by atoms with Crippen molar-refractivity contribution in [1.82, 2.24) is 10.2 Å². The molecule has 20 heavy (non-hydrogen) atoms. The first-order chi connectivity index (χ1) is 9.41. The largest absolute Gasteiger partial charge is 0.393 e. The lowest BCUT2D eigenvalue weighted by atomic mass is 9.95. The van der Waals surface area contributed by atoms with Crippen LogP contribution in [0, 0.1) is 11.8 Å². The van der Waals surface area contributed by atoms with Crippen molar-refractivity contribution in [2.45, 2.75) is 52.6 Å². The van der Waals surface area contributed by atoms with Crippen LogP contribution in [-0.4, -0.2) is 47.6 Å². The Morgan fingerprint density at radius 2 is 1.85 bits per heavy atom. The Bertz CT molecular complexity index is 321. The lowest BCUT2D eigenvalue weighted by Gasteiger charge is -2.32. The summed E-state index contributed by atoms with van der Waals surface area (Å²) in [6, 6.07) is 0. The van der Waals surface area contributed by atoms with Gasteiger partial charge in [-0.2, -0.15) is 0 Å². The van der Waals surface area contributed by atoms with Crippen LogP contribution < -0.4 is 5.32 Å². The third kappa shape index (κ3) is 5.49. The minimum absolute atomic E-state index is 0.0257. The Morgan fingerprint density at radius 3 is 2.35 bits per heavy atom. The third-order valence-corrected chi connectivity index (χ3v) is 3.77. The molecule has 1 rings (SSSR count). The zero-order valence-corrected chi connectivity index (χ0v) is 12.9. The zero-order chi connectivity index (χ0) is 15.1. The topological polar surface area (TPSA) is 69.6 Å². The highest BCUT2D eigenvalue weighted by molar-refractivity contribution is 5.80. The quantitative estimate of drug-likeness (QED) is 0.719. The summed E-state index contributed by atoms with van der Waals surface area (Å²) in [6.07, 6.45) is 2.70. The molecule has 5 nitrogen and oxygen atoms in total. The maximum atomic E-state index is 12.0. The Kier molecular flexibility index (Phi) is 6.99. The highest BCUT2D eigenvalue weighted by Crippen LogP contribution is 2.19. The molecule has 0 aromatic heterocycles. The summed E-state index contributed by atoms with van der Waals surface area (Å²) < 4.78 is 0. The molecule has 1 unspecified atom stereocenters. The van der Waals surface area contributed by atoms with E-state index >= 15 is 0 Å². The van der Waals surface area contributed by atoms with Crippen molar-refractivity contribution in [3.63, 3.8) is 0 Å². The van der Waals surface area contributed by atoms with E-state index in [9.17, 15) is 9.59 Å². The molecule has 1 aliphatic rings. The number of hydrogen-bond donors (Lipinski definition) is 2. The number of nitrogens with one attached hydrogen (secondary N) is 1. The van der Waals surface area contributed by atoms with Crippen molar-refractivity contribution in [3.05, 3.63) is 0 Å². The summed E-state index contributed by atoms with van der Waals surface area (Å²) in [4.78, 5) is 25.7. The first kappa shape index (κ1) is 17.0. The number of carbonyl (C=O) groups is 2. The predicted molar refractivity (Wildman–Crippen MR) is 78.1 cm³/mol. The van der Waals surface area contributed by atoms with Crippen molar-refractivity contribution >= 4 is 11.8 Å². The molecule has 116 valence electrons. The van der Waals surface area contributed by atoms with E-state index in [0.717, 1.165) is 19.3 Å².